The fourth-order valence-electron chi connectivity index (χ4n) is 3.92. The molecule has 2 atom stereocenters. The highest BCUT2D eigenvalue weighted by Gasteiger charge is 2.41. The van der Waals surface area contributed by atoms with E-state index in [2.05, 4.69) is 12.2 Å². The third-order valence-electron chi connectivity index (χ3n) is 5.61. The first kappa shape index (κ1) is 20.9. The maximum Gasteiger partial charge on any atom is 0.253 e. The van der Waals surface area contributed by atoms with Gasteiger partial charge < -0.3 is 15.0 Å². The molecule has 2 aromatic rings. The van der Waals surface area contributed by atoms with Gasteiger partial charge in [0.2, 0.25) is 5.91 Å². The monoisotopic (exact) mass is 394 g/mol. The number of amides is 2. The normalized spacial score (nSPS) is 18.5. The van der Waals surface area contributed by atoms with Crippen LogP contribution in [-0.4, -0.2) is 43.5 Å². The number of nitrogens with zero attached hydrogens (tertiary/aromatic N) is 1. The van der Waals surface area contributed by atoms with E-state index in [-0.39, 0.29) is 23.7 Å². The van der Waals surface area contributed by atoms with Crippen LogP contribution in [0.2, 0.25) is 0 Å². The first-order valence-electron chi connectivity index (χ1n) is 10.3. The standard InChI is InChI=1S/C24H30N2O3/c1-4-5-14-25-23(27)21-16-26(24(28)18-12-10-17(2)11-13-18)15-20(21)19-8-6-7-9-22(19)29-3/h6-13,20-21H,4-5,14-16H2,1-3H3,(H,25,27)/t20-,21+/m1/s1. The van der Waals surface area contributed by atoms with E-state index in [1.807, 2.05) is 55.5 Å². The maximum atomic E-state index is 13.1. The molecule has 1 heterocycles. The predicted octanol–water partition coefficient (Wildman–Crippen LogP) is 3.78. The van der Waals surface area contributed by atoms with Gasteiger partial charge in [-0.25, -0.2) is 0 Å². The maximum absolute atomic E-state index is 13.1. The summed E-state index contributed by atoms with van der Waals surface area (Å²) in [4.78, 5) is 27.8. The SMILES string of the molecule is CCCCNC(=O)[C@H]1CN(C(=O)c2ccc(C)cc2)C[C@@H]1c1ccccc1OC. The second-order valence-electron chi connectivity index (χ2n) is 7.68. The first-order chi connectivity index (χ1) is 14.0. The summed E-state index contributed by atoms with van der Waals surface area (Å²) in [6.07, 6.45) is 1.97. The number of carbonyl (C=O) groups excluding carboxylic acids is 2. The van der Waals surface area contributed by atoms with Gasteiger partial charge in [0.15, 0.2) is 0 Å². The third-order valence-corrected chi connectivity index (χ3v) is 5.61. The summed E-state index contributed by atoms with van der Waals surface area (Å²) >= 11 is 0. The van der Waals surface area contributed by atoms with Crippen LogP contribution in [0.25, 0.3) is 0 Å². The van der Waals surface area contributed by atoms with Crippen LogP contribution >= 0.6 is 0 Å². The van der Waals surface area contributed by atoms with Crippen LogP contribution in [0.4, 0.5) is 0 Å². The van der Waals surface area contributed by atoms with E-state index >= 15 is 0 Å². The fraction of sp³-hybridized carbons (Fsp3) is 0.417. The van der Waals surface area contributed by atoms with E-state index in [9.17, 15) is 9.59 Å². The lowest BCUT2D eigenvalue weighted by atomic mass is 9.87. The number of ether oxygens (including phenoxy) is 1. The van der Waals surface area contributed by atoms with Crippen molar-refractivity contribution in [3.8, 4) is 5.75 Å². The molecule has 0 aliphatic carbocycles. The Morgan fingerprint density at radius 1 is 1.10 bits per heavy atom. The Balaban J connectivity index is 1.86. The Labute approximate surface area is 173 Å². The molecule has 1 N–H and O–H groups in total. The average Bonchev–Trinajstić information content (AvgIpc) is 3.19. The molecule has 1 fully saturated rings. The summed E-state index contributed by atoms with van der Waals surface area (Å²) < 4.78 is 5.54. The molecule has 0 radical (unpaired) electrons. The number of nitrogens with one attached hydrogen (secondary N) is 1. The van der Waals surface area contributed by atoms with Crippen molar-refractivity contribution in [1.82, 2.24) is 10.2 Å². The van der Waals surface area contributed by atoms with Crippen LogP contribution in [0.3, 0.4) is 0 Å². The van der Waals surface area contributed by atoms with Gasteiger partial charge in [-0.05, 0) is 37.1 Å². The Hall–Kier alpha value is -2.82. The predicted molar refractivity (Wildman–Crippen MR) is 114 cm³/mol. The van der Waals surface area contributed by atoms with Gasteiger partial charge >= 0.3 is 0 Å². The lowest BCUT2D eigenvalue weighted by Crippen LogP contribution is -2.36. The quantitative estimate of drug-likeness (QED) is 0.727. The summed E-state index contributed by atoms with van der Waals surface area (Å²) in [5.74, 6) is 0.343. The topological polar surface area (TPSA) is 58.6 Å². The van der Waals surface area contributed by atoms with E-state index in [4.69, 9.17) is 4.74 Å². The molecule has 3 rings (SSSR count). The van der Waals surface area contributed by atoms with Gasteiger partial charge in [-0.2, -0.15) is 0 Å². The van der Waals surface area contributed by atoms with Crippen molar-refractivity contribution in [2.75, 3.05) is 26.7 Å². The smallest absolute Gasteiger partial charge is 0.253 e. The van der Waals surface area contributed by atoms with Crippen LogP contribution in [-0.2, 0) is 4.79 Å². The van der Waals surface area contributed by atoms with Crippen molar-refractivity contribution >= 4 is 11.8 Å². The van der Waals surface area contributed by atoms with Crippen molar-refractivity contribution in [3.05, 3.63) is 65.2 Å². The molecule has 0 saturated carbocycles. The van der Waals surface area contributed by atoms with Crippen molar-refractivity contribution in [2.45, 2.75) is 32.6 Å². The highest BCUT2D eigenvalue weighted by Crippen LogP contribution is 2.38. The highest BCUT2D eigenvalue weighted by atomic mass is 16.5. The van der Waals surface area contributed by atoms with Crippen LogP contribution in [0, 0.1) is 12.8 Å². The van der Waals surface area contributed by atoms with E-state index in [1.54, 1.807) is 12.0 Å². The number of para-hydroxylation sites is 1. The third kappa shape index (κ3) is 4.78. The molecular weight excluding hydrogens is 364 g/mol. The van der Waals surface area contributed by atoms with Crippen LogP contribution in [0.5, 0.6) is 5.75 Å². The van der Waals surface area contributed by atoms with Gasteiger partial charge in [0, 0.05) is 31.1 Å². The molecule has 0 bridgehead atoms. The number of benzene rings is 2. The van der Waals surface area contributed by atoms with Gasteiger partial charge in [0.05, 0.1) is 13.0 Å². The molecule has 2 amide bonds. The molecule has 1 saturated heterocycles. The summed E-state index contributed by atoms with van der Waals surface area (Å²) in [7, 11) is 1.64. The van der Waals surface area contributed by atoms with Gasteiger partial charge in [-0.3, -0.25) is 9.59 Å². The number of rotatable bonds is 7. The molecule has 0 unspecified atom stereocenters. The molecule has 1 aliphatic rings. The van der Waals surface area contributed by atoms with Crippen molar-refractivity contribution in [1.29, 1.82) is 0 Å². The molecule has 5 nitrogen and oxygen atoms in total. The van der Waals surface area contributed by atoms with Crippen LogP contribution < -0.4 is 10.1 Å². The molecule has 29 heavy (non-hydrogen) atoms. The number of unbranched alkanes of at least 4 members (excludes halogenated alkanes) is 1. The largest absolute Gasteiger partial charge is 0.496 e. The number of methoxy groups -OCH3 is 1. The minimum Gasteiger partial charge on any atom is -0.496 e. The highest BCUT2D eigenvalue weighted by molar-refractivity contribution is 5.95. The number of likely N-dealkylation sites (tertiary alicyclic amines) is 1. The van der Waals surface area contributed by atoms with Gasteiger partial charge in [0.25, 0.3) is 5.91 Å². The lowest BCUT2D eigenvalue weighted by Gasteiger charge is -2.20. The minimum absolute atomic E-state index is 0.00793. The number of carbonyl (C=O) groups is 2. The minimum atomic E-state index is -0.294. The van der Waals surface area contributed by atoms with E-state index in [0.29, 0.717) is 25.2 Å². The van der Waals surface area contributed by atoms with E-state index in [0.717, 1.165) is 29.7 Å². The molecule has 1 aliphatic heterocycles. The molecule has 0 aromatic heterocycles. The summed E-state index contributed by atoms with van der Waals surface area (Å²) in [5, 5.41) is 3.05. The molecule has 2 aromatic carbocycles. The Morgan fingerprint density at radius 2 is 1.83 bits per heavy atom. The van der Waals surface area contributed by atoms with E-state index < -0.39 is 0 Å². The molecule has 5 heteroatoms. The molecule has 154 valence electrons. The summed E-state index contributed by atoms with van der Waals surface area (Å²) in [6, 6.07) is 15.4. The second kappa shape index (κ2) is 9.59. The summed E-state index contributed by atoms with van der Waals surface area (Å²) in [5.41, 5.74) is 2.74. The van der Waals surface area contributed by atoms with Crippen LogP contribution in [0.1, 0.15) is 47.2 Å². The Kier molecular flexibility index (Phi) is 6.91. The van der Waals surface area contributed by atoms with Gasteiger partial charge in [-0.15, -0.1) is 0 Å². The Morgan fingerprint density at radius 3 is 2.52 bits per heavy atom. The molecule has 0 spiro atoms. The summed E-state index contributed by atoms with van der Waals surface area (Å²) in [6.45, 7) is 5.67. The zero-order chi connectivity index (χ0) is 20.8. The molecular formula is C24H30N2O3. The van der Waals surface area contributed by atoms with Gasteiger partial charge in [0.1, 0.15) is 5.75 Å². The zero-order valence-corrected chi connectivity index (χ0v) is 17.5. The van der Waals surface area contributed by atoms with E-state index in [1.165, 1.54) is 0 Å². The van der Waals surface area contributed by atoms with Crippen LogP contribution in [0.15, 0.2) is 48.5 Å². The Bertz CT molecular complexity index is 847. The van der Waals surface area contributed by atoms with Crippen molar-refractivity contribution in [3.63, 3.8) is 0 Å². The number of aryl methyl sites for hydroxylation is 1. The lowest BCUT2D eigenvalue weighted by molar-refractivity contribution is -0.124. The first-order valence-corrected chi connectivity index (χ1v) is 10.3. The average molecular weight is 395 g/mol. The zero-order valence-electron chi connectivity index (χ0n) is 17.5. The van der Waals surface area contributed by atoms with Crippen molar-refractivity contribution < 1.29 is 14.3 Å². The number of hydrogen-bond acceptors (Lipinski definition) is 3. The fourth-order valence-corrected chi connectivity index (χ4v) is 3.92. The van der Waals surface area contributed by atoms with Crippen molar-refractivity contribution in [2.24, 2.45) is 5.92 Å². The number of hydrogen-bond donors (Lipinski definition) is 1. The second-order valence-corrected chi connectivity index (χ2v) is 7.68. The van der Waals surface area contributed by atoms with Gasteiger partial charge in [-0.1, -0.05) is 49.2 Å².